The van der Waals surface area contributed by atoms with E-state index in [9.17, 15) is 4.79 Å². The molecule has 158 valence electrons. The van der Waals surface area contributed by atoms with E-state index in [1.54, 1.807) is 0 Å². The maximum Gasteiger partial charge on any atom is 0.186 e. The molecular weight excluding hydrogens is 436 g/mol. The first kappa shape index (κ1) is 20.4. The molecule has 1 aliphatic rings. The van der Waals surface area contributed by atoms with Crippen LogP contribution >= 0.6 is 22.7 Å². The Kier molecular flexibility index (Phi) is 5.43. The number of nitrogens with zero attached hydrogens (tertiary/aromatic N) is 2. The Morgan fingerprint density at radius 2 is 1.09 bits per heavy atom. The van der Waals surface area contributed by atoms with Gasteiger partial charge in [-0.15, -0.1) is 22.7 Å². The van der Waals surface area contributed by atoms with Crippen LogP contribution in [0, 0.1) is 0 Å². The molecule has 5 nitrogen and oxygen atoms in total. The molecule has 2 aromatic heterocycles. The van der Waals surface area contributed by atoms with E-state index < -0.39 is 0 Å². The van der Waals surface area contributed by atoms with Crippen LogP contribution in [0.1, 0.15) is 35.4 Å². The van der Waals surface area contributed by atoms with Gasteiger partial charge in [-0.3, -0.25) is 4.79 Å². The molecule has 0 radical (unpaired) electrons. The summed E-state index contributed by atoms with van der Waals surface area (Å²) in [5.74, 6) is 0.0286. The largest absolute Gasteiger partial charge is 0.375 e. The highest BCUT2D eigenvalue weighted by molar-refractivity contribution is 7.13. The van der Waals surface area contributed by atoms with Crippen LogP contribution in [0.25, 0.3) is 11.1 Å². The lowest BCUT2D eigenvalue weighted by atomic mass is 9.93. The SMILES string of the molecule is Nc1nc(C(=C2CCC(=C(c3ccccc3)c3csc(N)n3)C2=O)c2ccccc2)cs1. The lowest BCUT2D eigenvalue weighted by Crippen LogP contribution is -2.05. The first-order valence-electron chi connectivity index (χ1n) is 10.2. The maximum atomic E-state index is 13.9. The third kappa shape index (κ3) is 3.77. The van der Waals surface area contributed by atoms with Crippen LogP contribution in [0.4, 0.5) is 10.3 Å². The molecule has 0 atom stereocenters. The van der Waals surface area contributed by atoms with Gasteiger partial charge >= 0.3 is 0 Å². The zero-order valence-electron chi connectivity index (χ0n) is 17.1. The van der Waals surface area contributed by atoms with Crippen molar-refractivity contribution in [1.29, 1.82) is 0 Å². The number of rotatable bonds is 4. The van der Waals surface area contributed by atoms with Gasteiger partial charge < -0.3 is 11.5 Å². The fraction of sp³-hybridized carbons (Fsp3) is 0.0800. The Bertz CT molecular complexity index is 1250. The van der Waals surface area contributed by atoms with Crippen molar-refractivity contribution >= 4 is 49.9 Å². The molecule has 0 unspecified atom stereocenters. The lowest BCUT2D eigenvalue weighted by Gasteiger charge is -2.11. The minimum absolute atomic E-state index is 0.0286. The van der Waals surface area contributed by atoms with Crippen molar-refractivity contribution in [3.05, 3.63) is 105 Å². The third-order valence-corrected chi connectivity index (χ3v) is 6.81. The van der Waals surface area contributed by atoms with Crippen LogP contribution in [0.2, 0.25) is 0 Å². The minimum atomic E-state index is 0.0286. The fourth-order valence-electron chi connectivity index (χ4n) is 4.10. The number of hydrogen-bond donors (Lipinski definition) is 2. The van der Waals surface area contributed by atoms with Crippen molar-refractivity contribution in [2.75, 3.05) is 11.5 Å². The molecule has 5 rings (SSSR count). The van der Waals surface area contributed by atoms with E-state index in [0.717, 1.165) is 44.8 Å². The highest BCUT2D eigenvalue weighted by Gasteiger charge is 2.32. The van der Waals surface area contributed by atoms with Gasteiger partial charge in [-0.1, -0.05) is 60.7 Å². The first-order valence-corrected chi connectivity index (χ1v) is 11.9. The van der Waals surface area contributed by atoms with Crippen LogP contribution < -0.4 is 11.5 Å². The molecular formula is C25H20N4OS2. The van der Waals surface area contributed by atoms with E-state index in [1.807, 2.05) is 71.4 Å². The number of nitrogens with two attached hydrogens (primary N) is 2. The Morgan fingerprint density at radius 1 is 0.688 bits per heavy atom. The third-order valence-electron chi connectivity index (χ3n) is 5.46. The fourth-order valence-corrected chi connectivity index (χ4v) is 5.21. The summed E-state index contributed by atoms with van der Waals surface area (Å²) >= 11 is 2.76. The van der Waals surface area contributed by atoms with E-state index in [4.69, 9.17) is 11.5 Å². The van der Waals surface area contributed by atoms with Gasteiger partial charge in [0.1, 0.15) is 0 Å². The first-order chi connectivity index (χ1) is 15.6. The number of nitrogen functional groups attached to an aromatic ring is 2. The summed E-state index contributed by atoms with van der Waals surface area (Å²) in [7, 11) is 0. The van der Waals surface area contributed by atoms with Crippen LogP contribution in [-0.2, 0) is 4.79 Å². The number of anilines is 2. The number of thiazole rings is 2. The molecule has 1 fully saturated rings. The van der Waals surface area contributed by atoms with Gasteiger partial charge in [-0.05, 0) is 24.0 Å². The summed E-state index contributed by atoms with van der Waals surface area (Å²) in [4.78, 5) is 22.9. The number of carbonyl (C=O) groups is 1. The topological polar surface area (TPSA) is 94.9 Å². The second-order valence-corrected chi connectivity index (χ2v) is 9.19. The van der Waals surface area contributed by atoms with E-state index in [-0.39, 0.29) is 5.78 Å². The summed E-state index contributed by atoms with van der Waals surface area (Å²) in [6.45, 7) is 0. The molecule has 0 aliphatic heterocycles. The van der Waals surface area contributed by atoms with E-state index in [2.05, 4.69) is 9.97 Å². The van der Waals surface area contributed by atoms with Crippen LogP contribution in [0.3, 0.4) is 0 Å². The van der Waals surface area contributed by atoms with Crippen molar-refractivity contribution in [3.63, 3.8) is 0 Å². The van der Waals surface area contributed by atoms with Gasteiger partial charge in [0, 0.05) is 33.1 Å². The Morgan fingerprint density at radius 3 is 1.44 bits per heavy atom. The summed E-state index contributed by atoms with van der Waals surface area (Å²) in [5.41, 5.74) is 18.5. The summed E-state index contributed by atoms with van der Waals surface area (Å²) in [5, 5.41) is 4.80. The highest BCUT2D eigenvalue weighted by atomic mass is 32.1. The molecule has 2 aromatic carbocycles. The molecule has 0 saturated heterocycles. The predicted octanol–water partition coefficient (Wildman–Crippen LogP) is 5.43. The number of allylic oxidation sites excluding steroid dienone is 2. The van der Waals surface area contributed by atoms with E-state index >= 15 is 0 Å². The highest BCUT2D eigenvalue weighted by Crippen LogP contribution is 2.41. The molecule has 4 aromatic rings. The average Bonchev–Trinajstić information content (AvgIpc) is 3.53. The molecule has 1 aliphatic carbocycles. The van der Waals surface area contributed by atoms with Gasteiger partial charge in [0.05, 0.1) is 11.4 Å². The second kappa shape index (κ2) is 8.53. The Hall–Kier alpha value is -3.55. The zero-order chi connectivity index (χ0) is 22.1. The number of Topliss-reactive ketones (excluding diaryl/α,β-unsaturated/α-hetero) is 1. The van der Waals surface area contributed by atoms with Gasteiger partial charge in [-0.2, -0.15) is 0 Å². The van der Waals surface area contributed by atoms with E-state index in [1.165, 1.54) is 22.7 Å². The van der Waals surface area contributed by atoms with Crippen molar-refractivity contribution in [2.24, 2.45) is 0 Å². The number of hydrogen-bond acceptors (Lipinski definition) is 7. The Labute approximate surface area is 193 Å². The van der Waals surface area contributed by atoms with Gasteiger partial charge in [0.25, 0.3) is 0 Å². The molecule has 2 heterocycles. The van der Waals surface area contributed by atoms with Gasteiger partial charge in [-0.25, -0.2) is 9.97 Å². The van der Waals surface area contributed by atoms with Gasteiger partial charge in [0.15, 0.2) is 16.0 Å². The van der Waals surface area contributed by atoms with Crippen molar-refractivity contribution in [2.45, 2.75) is 12.8 Å². The predicted molar refractivity (Wildman–Crippen MR) is 132 cm³/mol. The maximum absolute atomic E-state index is 13.9. The molecule has 0 bridgehead atoms. The van der Waals surface area contributed by atoms with Gasteiger partial charge in [0.2, 0.25) is 0 Å². The lowest BCUT2D eigenvalue weighted by molar-refractivity contribution is -0.111. The summed E-state index contributed by atoms with van der Waals surface area (Å²) < 4.78 is 0. The normalized spacial score (nSPS) is 16.9. The number of aromatic nitrogens is 2. The zero-order valence-corrected chi connectivity index (χ0v) is 18.7. The molecule has 1 saturated carbocycles. The minimum Gasteiger partial charge on any atom is -0.375 e. The molecule has 4 N–H and O–H groups in total. The van der Waals surface area contributed by atoms with E-state index in [0.29, 0.717) is 23.1 Å². The monoisotopic (exact) mass is 456 g/mol. The number of benzene rings is 2. The summed E-state index contributed by atoms with van der Waals surface area (Å²) in [6, 6.07) is 19.8. The average molecular weight is 457 g/mol. The van der Waals surface area contributed by atoms with Crippen LogP contribution in [0.5, 0.6) is 0 Å². The van der Waals surface area contributed by atoms with Crippen molar-refractivity contribution in [3.8, 4) is 0 Å². The number of ketones is 1. The standard InChI is InChI=1S/C25H20N4OS2/c26-24-28-19(13-31-24)21(15-7-3-1-4-8-15)17-11-12-18(23(17)30)22(16-9-5-2-6-10-16)20-14-32-25(27)29-20/h1-10,13-14H,11-12H2,(H2,26,28)(H2,27,29). The quantitative estimate of drug-likeness (QED) is 0.399. The van der Waals surface area contributed by atoms with Crippen molar-refractivity contribution in [1.82, 2.24) is 9.97 Å². The molecule has 7 heteroatoms. The van der Waals surface area contributed by atoms with Crippen LogP contribution in [-0.4, -0.2) is 15.8 Å². The van der Waals surface area contributed by atoms with Crippen molar-refractivity contribution < 1.29 is 4.79 Å². The molecule has 0 spiro atoms. The van der Waals surface area contributed by atoms with Crippen LogP contribution in [0.15, 0.2) is 82.6 Å². The molecule has 0 amide bonds. The Balaban J connectivity index is 1.72. The summed E-state index contributed by atoms with van der Waals surface area (Å²) in [6.07, 6.45) is 1.26. The second-order valence-electron chi connectivity index (χ2n) is 7.41. The smallest absolute Gasteiger partial charge is 0.186 e. The number of carbonyl (C=O) groups excluding carboxylic acids is 1. The molecule has 32 heavy (non-hydrogen) atoms.